The smallest absolute Gasteiger partial charge is 0.178 e. The van der Waals surface area contributed by atoms with Crippen LogP contribution in [0.3, 0.4) is 0 Å². The van der Waals surface area contributed by atoms with E-state index in [9.17, 15) is 9.90 Å². The van der Waals surface area contributed by atoms with E-state index in [0.717, 1.165) is 16.7 Å². The zero-order valence-electron chi connectivity index (χ0n) is 14.5. The third-order valence-electron chi connectivity index (χ3n) is 3.95. The molecule has 0 aliphatic rings. The Labute approximate surface area is 142 Å². The van der Waals surface area contributed by atoms with Crippen molar-refractivity contribution >= 4 is 17.9 Å². The summed E-state index contributed by atoms with van der Waals surface area (Å²) in [7, 11) is 1.49. The van der Waals surface area contributed by atoms with Gasteiger partial charge in [-0.1, -0.05) is 30.4 Å². The molecular formula is C21H22O3. The fourth-order valence-corrected chi connectivity index (χ4v) is 2.37. The number of hydrogen-bond acceptors (Lipinski definition) is 3. The number of aryl methyl sites for hydroxylation is 3. The van der Waals surface area contributed by atoms with E-state index < -0.39 is 0 Å². The largest absolute Gasteiger partial charge is 0.504 e. The third kappa shape index (κ3) is 4.35. The van der Waals surface area contributed by atoms with Gasteiger partial charge in [-0.05, 0) is 72.9 Å². The number of benzene rings is 2. The number of allylic oxidation sites excluding steroid dienone is 2. The highest BCUT2D eigenvalue weighted by Crippen LogP contribution is 2.26. The predicted octanol–water partition coefficient (Wildman–Crippen LogP) is 4.62. The number of ketones is 1. The second-order valence-corrected chi connectivity index (χ2v) is 5.79. The molecule has 0 unspecified atom stereocenters. The number of rotatable bonds is 5. The van der Waals surface area contributed by atoms with Crippen molar-refractivity contribution < 1.29 is 14.6 Å². The van der Waals surface area contributed by atoms with Gasteiger partial charge in [-0.3, -0.25) is 4.79 Å². The van der Waals surface area contributed by atoms with Gasteiger partial charge in [0, 0.05) is 0 Å². The molecule has 0 bridgehead atoms. The average molecular weight is 322 g/mol. The summed E-state index contributed by atoms with van der Waals surface area (Å²) in [6.07, 6.45) is 6.59. The van der Waals surface area contributed by atoms with E-state index in [4.69, 9.17) is 4.74 Å². The Balaban J connectivity index is 2.12. The van der Waals surface area contributed by atoms with Crippen LogP contribution >= 0.6 is 0 Å². The lowest BCUT2D eigenvalue weighted by molar-refractivity contribution is -0.110. The summed E-state index contributed by atoms with van der Waals surface area (Å²) in [4.78, 5) is 12.0. The van der Waals surface area contributed by atoms with Crippen LogP contribution in [0, 0.1) is 20.8 Å². The second-order valence-electron chi connectivity index (χ2n) is 5.79. The SMILES string of the molecule is COc1cc(C=CC(=O)C=Cc2cc(C)c(C)cc2C)ccc1O. The third-order valence-corrected chi connectivity index (χ3v) is 3.95. The van der Waals surface area contributed by atoms with Crippen molar-refractivity contribution in [3.63, 3.8) is 0 Å². The van der Waals surface area contributed by atoms with Gasteiger partial charge in [0.2, 0.25) is 0 Å². The first-order chi connectivity index (χ1) is 11.4. The van der Waals surface area contributed by atoms with Crippen LogP contribution in [-0.4, -0.2) is 18.0 Å². The first-order valence-electron chi connectivity index (χ1n) is 7.75. The van der Waals surface area contributed by atoms with E-state index in [2.05, 4.69) is 26.0 Å². The highest BCUT2D eigenvalue weighted by molar-refractivity contribution is 6.04. The quantitative estimate of drug-likeness (QED) is 0.817. The summed E-state index contributed by atoms with van der Waals surface area (Å²) in [5.41, 5.74) is 5.44. The minimum Gasteiger partial charge on any atom is -0.504 e. The molecule has 1 N–H and O–H groups in total. The second kappa shape index (κ2) is 7.64. The number of phenols is 1. The molecule has 0 saturated heterocycles. The summed E-state index contributed by atoms with van der Waals surface area (Å²) < 4.78 is 5.05. The van der Waals surface area contributed by atoms with E-state index >= 15 is 0 Å². The van der Waals surface area contributed by atoms with E-state index in [0.29, 0.717) is 5.75 Å². The van der Waals surface area contributed by atoms with Crippen LogP contribution in [0.15, 0.2) is 42.5 Å². The summed E-state index contributed by atoms with van der Waals surface area (Å²) >= 11 is 0. The van der Waals surface area contributed by atoms with E-state index in [1.807, 2.05) is 13.0 Å². The molecular weight excluding hydrogens is 300 g/mol. The normalized spacial score (nSPS) is 11.3. The van der Waals surface area contributed by atoms with Crippen molar-refractivity contribution in [2.75, 3.05) is 7.11 Å². The summed E-state index contributed by atoms with van der Waals surface area (Å²) in [5, 5.41) is 9.56. The van der Waals surface area contributed by atoms with Gasteiger partial charge < -0.3 is 9.84 Å². The van der Waals surface area contributed by atoms with Crippen LogP contribution in [-0.2, 0) is 4.79 Å². The maximum atomic E-state index is 12.0. The lowest BCUT2D eigenvalue weighted by Crippen LogP contribution is -1.90. The summed E-state index contributed by atoms with van der Waals surface area (Å²) in [6, 6.07) is 9.15. The molecule has 0 fully saturated rings. The maximum absolute atomic E-state index is 12.0. The molecule has 0 aliphatic carbocycles. The lowest BCUT2D eigenvalue weighted by Gasteiger charge is -2.05. The van der Waals surface area contributed by atoms with Gasteiger partial charge in [0.15, 0.2) is 17.3 Å². The Morgan fingerprint density at radius 2 is 1.62 bits per heavy atom. The number of hydrogen-bond donors (Lipinski definition) is 1. The molecule has 24 heavy (non-hydrogen) atoms. The first kappa shape index (κ1) is 17.5. The molecule has 0 amide bonds. The van der Waals surface area contributed by atoms with Gasteiger partial charge in [0.25, 0.3) is 0 Å². The van der Waals surface area contributed by atoms with Gasteiger partial charge in [-0.2, -0.15) is 0 Å². The van der Waals surface area contributed by atoms with Crippen molar-refractivity contribution in [2.24, 2.45) is 0 Å². The van der Waals surface area contributed by atoms with Crippen LogP contribution < -0.4 is 4.74 Å². The Kier molecular flexibility index (Phi) is 5.59. The Morgan fingerprint density at radius 1 is 0.958 bits per heavy atom. The predicted molar refractivity (Wildman–Crippen MR) is 98.4 cm³/mol. The van der Waals surface area contributed by atoms with Gasteiger partial charge in [-0.25, -0.2) is 0 Å². The zero-order chi connectivity index (χ0) is 17.7. The topological polar surface area (TPSA) is 46.5 Å². The number of phenolic OH excluding ortho intramolecular Hbond substituents is 1. The van der Waals surface area contributed by atoms with Gasteiger partial charge in [-0.15, -0.1) is 0 Å². The number of ether oxygens (including phenoxy) is 1. The number of aromatic hydroxyl groups is 1. The molecule has 0 radical (unpaired) electrons. The van der Waals surface area contributed by atoms with Crippen LogP contribution in [0.25, 0.3) is 12.2 Å². The molecule has 0 aliphatic heterocycles. The highest BCUT2D eigenvalue weighted by Gasteiger charge is 2.01. The Bertz CT molecular complexity index is 814. The Morgan fingerprint density at radius 3 is 2.33 bits per heavy atom. The molecule has 0 aromatic heterocycles. The van der Waals surface area contributed by atoms with Gasteiger partial charge in [0.1, 0.15) is 0 Å². The van der Waals surface area contributed by atoms with Crippen LogP contribution in [0.2, 0.25) is 0 Å². The maximum Gasteiger partial charge on any atom is 0.178 e. The lowest BCUT2D eigenvalue weighted by atomic mass is 10.0. The molecule has 2 aromatic carbocycles. The standard InChI is InChI=1S/C21H22O3/c1-14-11-16(3)18(12-15(14)2)7-9-19(22)8-5-17-6-10-20(23)21(13-17)24-4/h5-13,23H,1-4H3. The molecule has 3 heteroatoms. The summed E-state index contributed by atoms with van der Waals surface area (Å²) in [6.45, 7) is 6.18. The van der Waals surface area contributed by atoms with Crippen molar-refractivity contribution in [3.8, 4) is 11.5 Å². The summed E-state index contributed by atoms with van der Waals surface area (Å²) in [5.74, 6) is 0.358. The van der Waals surface area contributed by atoms with Gasteiger partial charge >= 0.3 is 0 Å². The zero-order valence-corrected chi connectivity index (χ0v) is 14.5. The van der Waals surface area contributed by atoms with Crippen LogP contribution in [0.4, 0.5) is 0 Å². The number of methoxy groups -OCH3 is 1. The van der Waals surface area contributed by atoms with E-state index in [1.165, 1.54) is 30.4 Å². The number of carbonyl (C=O) groups is 1. The van der Waals surface area contributed by atoms with Crippen molar-refractivity contribution in [1.82, 2.24) is 0 Å². The minimum absolute atomic E-state index is 0.0751. The van der Waals surface area contributed by atoms with Crippen molar-refractivity contribution in [1.29, 1.82) is 0 Å². The Hall–Kier alpha value is -2.81. The monoisotopic (exact) mass is 322 g/mol. The highest BCUT2D eigenvalue weighted by atomic mass is 16.5. The molecule has 0 spiro atoms. The average Bonchev–Trinajstić information content (AvgIpc) is 2.56. The fourth-order valence-electron chi connectivity index (χ4n) is 2.37. The van der Waals surface area contributed by atoms with Crippen molar-refractivity contribution in [3.05, 3.63) is 70.3 Å². The number of carbonyl (C=O) groups excluding carboxylic acids is 1. The van der Waals surface area contributed by atoms with E-state index in [-0.39, 0.29) is 11.5 Å². The minimum atomic E-state index is -0.0975. The molecule has 3 nitrogen and oxygen atoms in total. The molecule has 124 valence electrons. The molecule has 0 atom stereocenters. The molecule has 2 rings (SSSR count). The molecule has 2 aromatic rings. The molecule has 0 heterocycles. The first-order valence-corrected chi connectivity index (χ1v) is 7.75. The molecule has 0 saturated carbocycles. The van der Waals surface area contributed by atoms with Crippen LogP contribution in [0.1, 0.15) is 27.8 Å². The van der Waals surface area contributed by atoms with Gasteiger partial charge in [0.05, 0.1) is 7.11 Å². The van der Waals surface area contributed by atoms with Crippen molar-refractivity contribution in [2.45, 2.75) is 20.8 Å². The van der Waals surface area contributed by atoms with Crippen LogP contribution in [0.5, 0.6) is 11.5 Å². The van der Waals surface area contributed by atoms with E-state index in [1.54, 1.807) is 24.3 Å². The fraction of sp³-hybridized carbons (Fsp3) is 0.190.